The zero-order valence-corrected chi connectivity index (χ0v) is 12.9. The summed E-state index contributed by atoms with van der Waals surface area (Å²) in [6.07, 6.45) is 3.19. The molecule has 23 heavy (non-hydrogen) atoms. The summed E-state index contributed by atoms with van der Waals surface area (Å²) < 4.78 is 5.21. The average molecular weight is 328 g/mol. The Kier molecular flexibility index (Phi) is 4.03. The lowest BCUT2D eigenvalue weighted by Gasteiger charge is -2.07. The van der Waals surface area contributed by atoms with E-state index >= 15 is 0 Å². The molecular formula is C16H12N2O4S. The van der Waals surface area contributed by atoms with Crippen LogP contribution < -0.4 is 0 Å². The molecule has 7 heteroatoms. The van der Waals surface area contributed by atoms with Gasteiger partial charge in [0.2, 0.25) is 0 Å². The number of hydrogen-bond donors (Lipinski definition) is 1. The summed E-state index contributed by atoms with van der Waals surface area (Å²) in [6.45, 7) is 0. The van der Waals surface area contributed by atoms with Crippen LogP contribution in [-0.4, -0.2) is 34.1 Å². The van der Waals surface area contributed by atoms with Crippen molar-refractivity contribution in [2.24, 2.45) is 4.99 Å². The Hall–Kier alpha value is -2.80. The van der Waals surface area contributed by atoms with Crippen LogP contribution in [0.25, 0.3) is 6.08 Å². The summed E-state index contributed by atoms with van der Waals surface area (Å²) in [5, 5.41) is 9.49. The fourth-order valence-corrected chi connectivity index (χ4v) is 2.94. The van der Waals surface area contributed by atoms with Crippen LogP contribution in [0, 0.1) is 0 Å². The summed E-state index contributed by atoms with van der Waals surface area (Å²) in [6, 6.07) is 9.75. The first kappa shape index (κ1) is 15.1. The maximum absolute atomic E-state index is 12.2. The minimum Gasteiger partial charge on any atom is -0.478 e. The second-order valence-electron chi connectivity index (χ2n) is 4.74. The molecule has 1 aliphatic heterocycles. The quantitative estimate of drug-likeness (QED) is 0.875. The maximum atomic E-state index is 12.2. The van der Waals surface area contributed by atoms with E-state index in [1.807, 2.05) is 0 Å². The van der Waals surface area contributed by atoms with E-state index in [4.69, 9.17) is 9.52 Å². The molecule has 2 heterocycles. The minimum absolute atomic E-state index is 0.148. The standard InChI is InChI=1S/C16H12N2O4S/c1-18-14(19)13(9-12-6-3-7-22-12)23-16(18)17-11-5-2-4-10(8-11)15(20)21/h2-9H,1H3,(H,20,21)/b13-9+,17-16?. The molecular weight excluding hydrogens is 316 g/mol. The molecule has 1 amide bonds. The highest BCUT2D eigenvalue weighted by Gasteiger charge is 2.30. The Balaban J connectivity index is 1.90. The fourth-order valence-electron chi connectivity index (χ4n) is 1.97. The number of hydrogen-bond acceptors (Lipinski definition) is 5. The van der Waals surface area contributed by atoms with E-state index in [2.05, 4.69) is 4.99 Å². The first-order valence-electron chi connectivity index (χ1n) is 6.68. The highest BCUT2D eigenvalue weighted by Crippen LogP contribution is 2.33. The number of aliphatic imine (C=N–C) groups is 1. The molecule has 0 unspecified atom stereocenters. The van der Waals surface area contributed by atoms with Gasteiger partial charge in [-0.05, 0) is 42.1 Å². The largest absolute Gasteiger partial charge is 0.478 e. The van der Waals surface area contributed by atoms with E-state index in [9.17, 15) is 9.59 Å². The lowest BCUT2D eigenvalue weighted by Crippen LogP contribution is -2.23. The topological polar surface area (TPSA) is 83.1 Å². The van der Waals surface area contributed by atoms with Gasteiger partial charge in [-0.2, -0.15) is 0 Å². The molecule has 0 saturated carbocycles. The van der Waals surface area contributed by atoms with Crippen molar-refractivity contribution in [1.29, 1.82) is 0 Å². The number of furan rings is 1. The van der Waals surface area contributed by atoms with Gasteiger partial charge >= 0.3 is 5.97 Å². The van der Waals surface area contributed by atoms with Gasteiger partial charge in [0.1, 0.15) is 5.76 Å². The van der Waals surface area contributed by atoms with Crippen LogP contribution in [-0.2, 0) is 4.79 Å². The maximum Gasteiger partial charge on any atom is 0.335 e. The van der Waals surface area contributed by atoms with Crippen molar-refractivity contribution < 1.29 is 19.1 Å². The smallest absolute Gasteiger partial charge is 0.335 e. The van der Waals surface area contributed by atoms with Gasteiger partial charge in [-0.25, -0.2) is 9.79 Å². The van der Waals surface area contributed by atoms with Crippen LogP contribution in [0.1, 0.15) is 16.1 Å². The predicted octanol–water partition coefficient (Wildman–Crippen LogP) is 3.21. The molecule has 1 N–H and O–H groups in total. The molecule has 6 nitrogen and oxygen atoms in total. The summed E-state index contributed by atoms with van der Waals surface area (Å²) in [5.41, 5.74) is 0.626. The van der Waals surface area contributed by atoms with Crippen molar-refractivity contribution in [3.63, 3.8) is 0 Å². The second-order valence-corrected chi connectivity index (χ2v) is 5.75. The Morgan fingerprint density at radius 3 is 2.87 bits per heavy atom. The molecule has 1 aliphatic rings. The third-order valence-corrected chi connectivity index (χ3v) is 4.20. The number of amides is 1. The van der Waals surface area contributed by atoms with E-state index in [-0.39, 0.29) is 11.5 Å². The van der Waals surface area contributed by atoms with Gasteiger partial charge in [0, 0.05) is 13.1 Å². The summed E-state index contributed by atoms with van der Waals surface area (Å²) in [5.74, 6) is -0.614. The van der Waals surface area contributed by atoms with Crippen LogP contribution in [0.2, 0.25) is 0 Å². The molecule has 0 aliphatic carbocycles. The third kappa shape index (κ3) is 3.19. The van der Waals surface area contributed by atoms with Crippen molar-refractivity contribution in [2.45, 2.75) is 0 Å². The number of thioether (sulfide) groups is 1. The first-order chi connectivity index (χ1) is 11.0. The number of rotatable bonds is 3. The number of amidine groups is 1. The number of carboxylic acids is 1. The number of likely N-dealkylation sites (N-methyl/N-ethyl adjacent to an activating group) is 1. The average Bonchev–Trinajstić information content (AvgIpc) is 3.13. The number of aromatic carboxylic acids is 1. The van der Waals surface area contributed by atoms with Crippen molar-refractivity contribution in [3.8, 4) is 0 Å². The lowest BCUT2D eigenvalue weighted by molar-refractivity contribution is -0.121. The molecule has 0 spiro atoms. The van der Waals surface area contributed by atoms with Gasteiger partial charge in [-0.15, -0.1) is 0 Å². The van der Waals surface area contributed by atoms with E-state index in [1.54, 1.807) is 37.4 Å². The number of nitrogens with zero attached hydrogens (tertiary/aromatic N) is 2. The Bertz CT molecular complexity index is 824. The minimum atomic E-state index is -1.02. The monoisotopic (exact) mass is 328 g/mol. The number of carbonyl (C=O) groups excluding carboxylic acids is 1. The third-order valence-electron chi connectivity index (χ3n) is 3.14. The second kappa shape index (κ2) is 6.13. The zero-order chi connectivity index (χ0) is 16.4. The van der Waals surface area contributed by atoms with E-state index < -0.39 is 5.97 Å². The van der Waals surface area contributed by atoms with Crippen molar-refractivity contribution in [1.82, 2.24) is 4.90 Å². The van der Waals surface area contributed by atoms with Crippen LogP contribution in [0.4, 0.5) is 5.69 Å². The molecule has 1 aromatic heterocycles. The highest BCUT2D eigenvalue weighted by molar-refractivity contribution is 8.18. The van der Waals surface area contributed by atoms with Gasteiger partial charge in [0.15, 0.2) is 5.17 Å². The van der Waals surface area contributed by atoms with Crippen LogP contribution in [0.15, 0.2) is 57.0 Å². The predicted molar refractivity (Wildman–Crippen MR) is 87.5 cm³/mol. The summed E-state index contributed by atoms with van der Waals surface area (Å²) in [4.78, 5) is 29.5. The van der Waals surface area contributed by atoms with Gasteiger partial charge in [-0.1, -0.05) is 6.07 Å². The van der Waals surface area contributed by atoms with Crippen LogP contribution in [0.3, 0.4) is 0 Å². The van der Waals surface area contributed by atoms with Gasteiger partial charge < -0.3 is 9.52 Å². The molecule has 1 saturated heterocycles. The van der Waals surface area contributed by atoms with Gasteiger partial charge in [0.05, 0.1) is 22.4 Å². The molecule has 0 radical (unpaired) electrons. The van der Waals surface area contributed by atoms with Gasteiger partial charge in [0.25, 0.3) is 5.91 Å². The normalized spacial score (nSPS) is 18.1. The molecule has 1 aromatic carbocycles. The number of carboxylic acid groups (broad SMARTS) is 1. The van der Waals surface area contributed by atoms with Crippen LogP contribution >= 0.6 is 11.8 Å². The molecule has 3 rings (SSSR count). The first-order valence-corrected chi connectivity index (χ1v) is 7.49. The van der Waals surface area contributed by atoms with Crippen LogP contribution in [0.5, 0.6) is 0 Å². The number of benzene rings is 1. The molecule has 2 aromatic rings. The molecule has 116 valence electrons. The Labute approximate surface area is 136 Å². The molecule has 0 bridgehead atoms. The van der Waals surface area contributed by atoms with Crippen molar-refractivity contribution in [3.05, 3.63) is 58.9 Å². The Morgan fingerprint density at radius 2 is 2.17 bits per heavy atom. The van der Waals surface area contributed by atoms with E-state index in [1.165, 1.54) is 35.1 Å². The van der Waals surface area contributed by atoms with E-state index in [0.29, 0.717) is 21.5 Å². The highest BCUT2D eigenvalue weighted by atomic mass is 32.2. The van der Waals surface area contributed by atoms with Crippen molar-refractivity contribution >= 4 is 40.6 Å². The summed E-state index contributed by atoms with van der Waals surface area (Å²) in [7, 11) is 1.62. The van der Waals surface area contributed by atoms with Gasteiger partial charge in [-0.3, -0.25) is 9.69 Å². The Morgan fingerprint density at radius 1 is 1.35 bits per heavy atom. The zero-order valence-electron chi connectivity index (χ0n) is 12.1. The fraction of sp³-hybridized carbons (Fsp3) is 0.0625. The molecule has 0 atom stereocenters. The SMILES string of the molecule is CN1C(=O)/C(=C\c2ccco2)SC1=Nc1cccc(C(=O)O)c1. The number of carbonyl (C=O) groups is 2. The van der Waals surface area contributed by atoms with E-state index in [0.717, 1.165) is 0 Å². The molecule has 1 fully saturated rings. The van der Waals surface area contributed by atoms with Crippen molar-refractivity contribution in [2.75, 3.05) is 7.05 Å². The summed E-state index contributed by atoms with van der Waals surface area (Å²) >= 11 is 1.21. The lowest BCUT2D eigenvalue weighted by atomic mass is 10.2.